The lowest BCUT2D eigenvalue weighted by atomic mass is 10.0. The van der Waals surface area contributed by atoms with E-state index in [2.05, 4.69) is 5.32 Å². The van der Waals surface area contributed by atoms with Crippen LogP contribution in [0.2, 0.25) is 0 Å². The first-order valence-electron chi connectivity index (χ1n) is 15.8. The molecule has 1 aromatic carbocycles. The number of nitrogens with zero attached hydrogens (tertiary/aromatic N) is 1. The number of nitrogens with two attached hydrogens (primary N) is 1. The number of fused-ring (bicyclic) bond motifs is 1. The molecule has 0 saturated carbocycles. The molecule has 4 amide bonds. The molecule has 0 spiro atoms. The Bertz CT molecular complexity index is 1110. The molecule has 3 N–H and O–H groups in total. The Kier molecular flexibility index (Phi) is 21.8. The Hall–Kier alpha value is -2.77. The lowest BCUT2D eigenvalue weighted by Crippen LogP contribution is -2.54. The molecule has 2 aliphatic rings. The van der Waals surface area contributed by atoms with Crippen molar-refractivity contribution in [1.82, 2.24) is 10.2 Å². The van der Waals surface area contributed by atoms with Crippen LogP contribution in [0, 0.1) is 0 Å². The zero-order valence-corrected chi connectivity index (χ0v) is 28.0. The summed E-state index contributed by atoms with van der Waals surface area (Å²) in [4.78, 5) is 50.6. The van der Waals surface area contributed by atoms with Gasteiger partial charge in [-0.25, -0.2) is 0 Å². The number of halogens is 1. The van der Waals surface area contributed by atoms with Crippen LogP contribution in [0.25, 0.3) is 0 Å². The third-order valence-corrected chi connectivity index (χ3v) is 6.78. The van der Waals surface area contributed by atoms with Crippen molar-refractivity contribution in [3.8, 4) is 5.75 Å². The van der Waals surface area contributed by atoms with E-state index in [4.69, 9.17) is 48.4 Å². The number of hydrogen-bond acceptors (Lipinski definition) is 14. The molecule has 3 rings (SSSR count). The summed E-state index contributed by atoms with van der Waals surface area (Å²) in [6, 6.07) is 3.67. The minimum Gasteiger partial charge on any atom is -0.490 e. The molecule has 17 heteroatoms. The van der Waals surface area contributed by atoms with Gasteiger partial charge in [0, 0.05) is 13.0 Å². The summed E-state index contributed by atoms with van der Waals surface area (Å²) in [5.74, 6) is -2.07. The van der Waals surface area contributed by atoms with Crippen LogP contribution >= 0.6 is 12.4 Å². The van der Waals surface area contributed by atoms with Gasteiger partial charge in [0.05, 0.1) is 117 Å². The fourth-order valence-corrected chi connectivity index (χ4v) is 4.54. The minimum absolute atomic E-state index is 0. The van der Waals surface area contributed by atoms with Gasteiger partial charge in [-0.1, -0.05) is 6.07 Å². The molecule has 16 nitrogen and oxygen atoms in total. The topological polar surface area (TPSA) is 193 Å². The first-order valence-corrected chi connectivity index (χ1v) is 15.8. The highest BCUT2D eigenvalue weighted by molar-refractivity contribution is 6.24. The van der Waals surface area contributed by atoms with Gasteiger partial charge in [-0.05, 0) is 18.6 Å². The third kappa shape index (κ3) is 14.8. The average Bonchev–Trinajstić information content (AvgIpc) is 3.32. The van der Waals surface area contributed by atoms with E-state index in [1.165, 1.54) is 6.07 Å². The lowest BCUT2D eigenvalue weighted by Gasteiger charge is -2.27. The second kappa shape index (κ2) is 25.2. The molecule has 1 saturated heterocycles. The van der Waals surface area contributed by atoms with Gasteiger partial charge in [-0.2, -0.15) is 0 Å². The molecule has 0 aromatic heterocycles. The van der Waals surface area contributed by atoms with Crippen LogP contribution in [-0.2, 0) is 47.5 Å². The van der Waals surface area contributed by atoms with Crippen LogP contribution in [0.3, 0.4) is 0 Å². The number of imide groups is 2. The largest absolute Gasteiger partial charge is 0.490 e. The number of carbonyl (C=O) groups excluding carboxylic acids is 4. The minimum atomic E-state index is -1.03. The molecule has 1 aromatic rings. The van der Waals surface area contributed by atoms with Gasteiger partial charge >= 0.3 is 0 Å². The number of hydrogen-bond donors (Lipinski definition) is 2. The summed E-state index contributed by atoms with van der Waals surface area (Å²) in [5.41, 5.74) is 5.59. The third-order valence-electron chi connectivity index (χ3n) is 6.78. The molecule has 2 heterocycles. The Balaban J connectivity index is 0.00000800. The van der Waals surface area contributed by atoms with E-state index in [0.29, 0.717) is 106 Å². The van der Waals surface area contributed by atoms with Gasteiger partial charge in [-0.3, -0.25) is 29.4 Å². The second-order valence-electron chi connectivity index (χ2n) is 10.2. The molecule has 0 bridgehead atoms. The number of piperidine rings is 1. The van der Waals surface area contributed by atoms with Gasteiger partial charge in [-0.15, -0.1) is 12.4 Å². The summed E-state index contributed by atoms with van der Waals surface area (Å²) in [7, 11) is 0. The number of nitrogens with one attached hydrogen (secondary N) is 1. The van der Waals surface area contributed by atoms with Crippen molar-refractivity contribution in [2.24, 2.45) is 5.73 Å². The van der Waals surface area contributed by atoms with Crippen LogP contribution < -0.4 is 15.8 Å². The number of ether oxygens (including phenoxy) is 9. The highest BCUT2D eigenvalue weighted by Gasteiger charge is 2.46. The Morgan fingerprint density at radius 3 is 1.50 bits per heavy atom. The normalized spacial score (nSPS) is 15.9. The maximum atomic E-state index is 13.1. The van der Waals surface area contributed by atoms with E-state index >= 15 is 0 Å². The van der Waals surface area contributed by atoms with E-state index in [1.807, 2.05) is 0 Å². The van der Waals surface area contributed by atoms with Gasteiger partial charge in [0.25, 0.3) is 11.8 Å². The summed E-state index contributed by atoms with van der Waals surface area (Å²) >= 11 is 0. The first kappa shape index (κ1) is 41.4. The second-order valence-corrected chi connectivity index (χ2v) is 10.2. The Morgan fingerprint density at radius 2 is 1.06 bits per heavy atom. The average molecular weight is 706 g/mol. The Labute approximate surface area is 286 Å². The smallest absolute Gasteiger partial charge is 0.266 e. The fraction of sp³-hybridized carbons (Fsp3) is 0.677. The standard InChI is InChI=1S/C31H47N3O13.ClH/c32-6-7-39-8-9-40-10-11-41-12-13-42-14-15-43-16-17-44-18-19-45-20-21-46-22-23-47-26-3-1-2-24-28(26)31(38)34(30(24)37)25-4-5-27(35)33-29(25)36;/h1-3,25H,4-23,32H2,(H,33,35,36);1H. The predicted molar refractivity (Wildman–Crippen MR) is 171 cm³/mol. The van der Waals surface area contributed by atoms with Gasteiger partial charge in [0.15, 0.2) is 0 Å². The molecule has 48 heavy (non-hydrogen) atoms. The van der Waals surface area contributed by atoms with Gasteiger partial charge in [0.2, 0.25) is 11.8 Å². The summed E-state index contributed by atoms with van der Waals surface area (Å²) < 4.78 is 49.1. The first-order chi connectivity index (χ1) is 23.0. The van der Waals surface area contributed by atoms with Crippen LogP contribution in [0.4, 0.5) is 0 Å². The number of benzene rings is 1. The molecule has 1 unspecified atom stereocenters. The van der Waals surface area contributed by atoms with E-state index in [1.54, 1.807) is 12.1 Å². The van der Waals surface area contributed by atoms with E-state index in [-0.39, 0.29) is 55.3 Å². The van der Waals surface area contributed by atoms with Crippen molar-refractivity contribution >= 4 is 36.0 Å². The van der Waals surface area contributed by atoms with E-state index < -0.39 is 29.7 Å². The highest BCUT2D eigenvalue weighted by Crippen LogP contribution is 2.33. The van der Waals surface area contributed by atoms with E-state index in [0.717, 1.165) is 4.90 Å². The van der Waals surface area contributed by atoms with Crippen molar-refractivity contribution in [3.63, 3.8) is 0 Å². The van der Waals surface area contributed by atoms with Gasteiger partial charge < -0.3 is 48.4 Å². The molecule has 1 fully saturated rings. The highest BCUT2D eigenvalue weighted by atomic mass is 35.5. The van der Waals surface area contributed by atoms with Crippen molar-refractivity contribution in [2.45, 2.75) is 18.9 Å². The molecule has 272 valence electrons. The number of rotatable bonds is 28. The summed E-state index contributed by atoms with van der Waals surface area (Å²) in [5, 5.41) is 2.18. The van der Waals surface area contributed by atoms with Gasteiger partial charge in [0.1, 0.15) is 18.4 Å². The molecule has 0 aliphatic carbocycles. The molecular formula is C31H48ClN3O13. The van der Waals surface area contributed by atoms with Crippen LogP contribution in [0.5, 0.6) is 5.75 Å². The maximum Gasteiger partial charge on any atom is 0.266 e. The predicted octanol–water partition coefficient (Wildman–Crippen LogP) is -0.0201. The number of carbonyl (C=O) groups is 4. The summed E-state index contributed by atoms with van der Waals surface area (Å²) in [6.45, 7) is 7.84. The van der Waals surface area contributed by atoms with Crippen molar-refractivity contribution in [3.05, 3.63) is 29.3 Å². The fourth-order valence-electron chi connectivity index (χ4n) is 4.54. The SMILES string of the molecule is Cl.NCCOCCOCCOCCOCCOCCOCCOCCOCCOc1cccc2c1C(=O)N(C1CCC(=O)NC1=O)C2=O. The zero-order chi connectivity index (χ0) is 33.5. The maximum absolute atomic E-state index is 13.1. The zero-order valence-electron chi connectivity index (χ0n) is 27.2. The Morgan fingerprint density at radius 1 is 0.625 bits per heavy atom. The van der Waals surface area contributed by atoms with Crippen LogP contribution in [-0.4, -0.2) is 153 Å². The summed E-state index contributed by atoms with van der Waals surface area (Å²) in [6.07, 6.45) is 0.138. The molecule has 0 radical (unpaired) electrons. The van der Waals surface area contributed by atoms with Crippen molar-refractivity contribution < 1.29 is 61.8 Å². The lowest BCUT2D eigenvalue weighted by molar-refractivity contribution is -0.136. The molecular weight excluding hydrogens is 658 g/mol. The van der Waals surface area contributed by atoms with E-state index in [9.17, 15) is 19.2 Å². The van der Waals surface area contributed by atoms with Crippen molar-refractivity contribution in [2.75, 3.05) is 119 Å². The van der Waals surface area contributed by atoms with Crippen molar-refractivity contribution in [1.29, 1.82) is 0 Å². The van der Waals surface area contributed by atoms with Crippen LogP contribution in [0.1, 0.15) is 33.6 Å². The quantitative estimate of drug-likeness (QED) is 0.0873. The van der Waals surface area contributed by atoms with Crippen LogP contribution in [0.15, 0.2) is 18.2 Å². The molecule has 1 atom stereocenters. The molecule has 2 aliphatic heterocycles. The number of amides is 4. The monoisotopic (exact) mass is 705 g/mol.